The first-order valence-corrected chi connectivity index (χ1v) is 10.00. The Morgan fingerprint density at radius 3 is 2.68 bits per heavy atom. The van der Waals surface area contributed by atoms with Crippen LogP contribution in [0.3, 0.4) is 0 Å². The van der Waals surface area contributed by atoms with Crippen molar-refractivity contribution in [2.24, 2.45) is 5.92 Å². The monoisotopic (exact) mass is 395 g/mol. The summed E-state index contributed by atoms with van der Waals surface area (Å²) in [6.45, 7) is 0. The minimum atomic E-state index is 0.108. The Hall–Kier alpha value is -2.93. The smallest absolute Gasteiger partial charge is 0.227 e. The second-order valence-electron chi connectivity index (χ2n) is 6.67. The number of amides is 1. The number of hydrogen-bond acceptors (Lipinski definition) is 6. The highest BCUT2D eigenvalue weighted by molar-refractivity contribution is 7.14. The third-order valence-corrected chi connectivity index (χ3v) is 5.87. The fourth-order valence-corrected chi connectivity index (χ4v) is 3.87. The molecule has 2 heterocycles. The van der Waals surface area contributed by atoms with Crippen LogP contribution in [-0.4, -0.2) is 30.1 Å². The van der Waals surface area contributed by atoms with E-state index < -0.39 is 0 Å². The molecule has 0 aliphatic heterocycles. The van der Waals surface area contributed by atoms with E-state index in [0.29, 0.717) is 11.4 Å². The zero-order valence-electron chi connectivity index (χ0n) is 15.8. The van der Waals surface area contributed by atoms with Gasteiger partial charge in [0.25, 0.3) is 0 Å². The van der Waals surface area contributed by atoms with E-state index >= 15 is 0 Å². The lowest BCUT2D eigenvalue weighted by Crippen LogP contribution is -2.27. The molecule has 4 rings (SSSR count). The van der Waals surface area contributed by atoms with Crippen LogP contribution in [0, 0.1) is 5.92 Å². The highest BCUT2D eigenvalue weighted by Crippen LogP contribution is 2.35. The number of carbonyl (C=O) groups is 1. The first kappa shape index (κ1) is 18.4. The fourth-order valence-electron chi connectivity index (χ4n) is 3.08. The summed E-state index contributed by atoms with van der Waals surface area (Å²) >= 11 is 1.53. The van der Waals surface area contributed by atoms with Crippen molar-refractivity contribution >= 4 is 22.9 Å². The molecule has 3 aromatic rings. The van der Waals surface area contributed by atoms with Crippen LogP contribution in [0.1, 0.15) is 19.3 Å². The van der Waals surface area contributed by atoms with E-state index in [1.165, 1.54) is 11.3 Å². The standard InChI is InChI=1S/C21H21N3O3S/c1-26-15-6-7-19(27-2)16(9-15)17-10-22-11-18(24-17)20-8-14(12-28-20)23-21(25)13-4-3-5-13/h6-13H,3-5H2,1-2H3,(H,23,25). The van der Waals surface area contributed by atoms with Crippen LogP contribution in [0.4, 0.5) is 5.69 Å². The molecule has 7 heteroatoms. The molecule has 1 aliphatic rings. The summed E-state index contributed by atoms with van der Waals surface area (Å²) in [5, 5.41) is 4.94. The summed E-state index contributed by atoms with van der Waals surface area (Å²) < 4.78 is 10.8. The zero-order chi connectivity index (χ0) is 19.5. The van der Waals surface area contributed by atoms with E-state index in [1.807, 2.05) is 29.6 Å². The molecule has 144 valence electrons. The van der Waals surface area contributed by atoms with Crippen LogP contribution in [0.25, 0.3) is 21.8 Å². The molecule has 1 aliphatic carbocycles. The van der Waals surface area contributed by atoms with E-state index in [-0.39, 0.29) is 11.8 Å². The maximum Gasteiger partial charge on any atom is 0.227 e. The summed E-state index contributed by atoms with van der Waals surface area (Å²) in [5.41, 5.74) is 3.06. The molecule has 0 saturated heterocycles. The van der Waals surface area contributed by atoms with Crippen molar-refractivity contribution in [2.45, 2.75) is 19.3 Å². The van der Waals surface area contributed by atoms with Crippen LogP contribution >= 0.6 is 11.3 Å². The number of nitrogens with one attached hydrogen (secondary N) is 1. The van der Waals surface area contributed by atoms with E-state index in [0.717, 1.165) is 46.8 Å². The Labute approximate surface area is 167 Å². The molecule has 0 spiro atoms. The number of thiophene rings is 1. The Morgan fingerprint density at radius 2 is 1.96 bits per heavy atom. The van der Waals surface area contributed by atoms with Crippen molar-refractivity contribution in [2.75, 3.05) is 19.5 Å². The quantitative estimate of drug-likeness (QED) is 0.659. The van der Waals surface area contributed by atoms with Crippen molar-refractivity contribution < 1.29 is 14.3 Å². The van der Waals surface area contributed by atoms with Gasteiger partial charge in [-0.3, -0.25) is 9.78 Å². The summed E-state index contributed by atoms with van der Waals surface area (Å²) in [4.78, 5) is 22.2. The van der Waals surface area contributed by atoms with Crippen LogP contribution in [-0.2, 0) is 4.79 Å². The molecular weight excluding hydrogens is 374 g/mol. The van der Waals surface area contributed by atoms with Crippen molar-refractivity contribution in [3.63, 3.8) is 0 Å². The predicted octanol–water partition coefficient (Wildman–Crippen LogP) is 4.63. The number of aromatic nitrogens is 2. The third kappa shape index (κ3) is 3.71. The molecule has 1 amide bonds. The lowest BCUT2D eigenvalue weighted by molar-refractivity contribution is -0.122. The van der Waals surface area contributed by atoms with E-state index in [2.05, 4.69) is 10.3 Å². The number of nitrogens with zero attached hydrogens (tertiary/aromatic N) is 2. The Bertz CT molecular complexity index is 998. The normalized spacial score (nSPS) is 13.6. The van der Waals surface area contributed by atoms with Crippen LogP contribution in [0.2, 0.25) is 0 Å². The van der Waals surface area contributed by atoms with E-state index in [1.54, 1.807) is 26.6 Å². The van der Waals surface area contributed by atoms with Crippen molar-refractivity contribution in [1.82, 2.24) is 9.97 Å². The summed E-state index contributed by atoms with van der Waals surface area (Å²) in [6.07, 6.45) is 6.54. The number of rotatable bonds is 6. The SMILES string of the molecule is COc1ccc(OC)c(-c2cncc(-c3cc(NC(=O)C4CCC4)cs3)n2)c1. The lowest BCUT2D eigenvalue weighted by Gasteiger charge is -2.23. The zero-order valence-corrected chi connectivity index (χ0v) is 16.6. The van der Waals surface area contributed by atoms with Gasteiger partial charge in [0, 0.05) is 16.9 Å². The van der Waals surface area contributed by atoms with Gasteiger partial charge in [0.1, 0.15) is 11.5 Å². The van der Waals surface area contributed by atoms with Crippen LogP contribution in [0.5, 0.6) is 11.5 Å². The molecule has 1 N–H and O–H groups in total. The molecule has 28 heavy (non-hydrogen) atoms. The molecule has 1 saturated carbocycles. The first-order valence-electron chi connectivity index (χ1n) is 9.12. The minimum absolute atomic E-state index is 0.108. The van der Waals surface area contributed by atoms with Gasteiger partial charge in [-0.15, -0.1) is 11.3 Å². The summed E-state index contributed by atoms with van der Waals surface area (Å²) in [7, 11) is 3.25. The van der Waals surface area contributed by atoms with Gasteiger partial charge in [-0.25, -0.2) is 4.98 Å². The number of ether oxygens (including phenoxy) is 2. The average molecular weight is 395 g/mol. The van der Waals surface area contributed by atoms with E-state index in [4.69, 9.17) is 14.5 Å². The number of carbonyl (C=O) groups excluding carboxylic acids is 1. The molecule has 1 fully saturated rings. The Balaban J connectivity index is 1.60. The molecular formula is C21H21N3O3S. The maximum absolute atomic E-state index is 12.2. The second-order valence-corrected chi connectivity index (χ2v) is 7.58. The van der Waals surface area contributed by atoms with Crippen molar-refractivity contribution in [1.29, 1.82) is 0 Å². The predicted molar refractivity (Wildman–Crippen MR) is 110 cm³/mol. The average Bonchev–Trinajstić information content (AvgIpc) is 3.14. The number of anilines is 1. The highest BCUT2D eigenvalue weighted by Gasteiger charge is 2.25. The van der Waals surface area contributed by atoms with Crippen molar-refractivity contribution in [3.05, 3.63) is 42.0 Å². The van der Waals surface area contributed by atoms with Gasteiger partial charge < -0.3 is 14.8 Å². The molecule has 2 aromatic heterocycles. The number of methoxy groups -OCH3 is 2. The van der Waals surface area contributed by atoms with E-state index in [9.17, 15) is 4.79 Å². The number of hydrogen-bond donors (Lipinski definition) is 1. The molecule has 1 aromatic carbocycles. The lowest BCUT2D eigenvalue weighted by atomic mass is 9.85. The summed E-state index contributed by atoms with van der Waals surface area (Å²) in [5.74, 6) is 1.69. The molecule has 0 unspecified atom stereocenters. The van der Waals surface area contributed by atoms with Gasteiger partial charge in [-0.1, -0.05) is 6.42 Å². The Kier molecular flexibility index (Phi) is 5.25. The van der Waals surface area contributed by atoms with Crippen molar-refractivity contribution in [3.8, 4) is 33.3 Å². The fraction of sp³-hybridized carbons (Fsp3) is 0.286. The van der Waals surface area contributed by atoms with Crippen LogP contribution < -0.4 is 14.8 Å². The highest BCUT2D eigenvalue weighted by atomic mass is 32.1. The maximum atomic E-state index is 12.2. The number of benzene rings is 1. The van der Waals surface area contributed by atoms with Gasteiger partial charge in [0.2, 0.25) is 5.91 Å². The van der Waals surface area contributed by atoms with Crippen LogP contribution in [0.15, 0.2) is 42.0 Å². The first-order chi connectivity index (χ1) is 13.7. The third-order valence-electron chi connectivity index (χ3n) is 4.91. The molecule has 6 nitrogen and oxygen atoms in total. The largest absolute Gasteiger partial charge is 0.497 e. The topological polar surface area (TPSA) is 73.3 Å². The van der Waals surface area contributed by atoms with Gasteiger partial charge in [0.15, 0.2) is 0 Å². The summed E-state index contributed by atoms with van der Waals surface area (Å²) in [6, 6.07) is 7.51. The van der Waals surface area contributed by atoms with Gasteiger partial charge in [0.05, 0.1) is 48.6 Å². The molecule has 0 bridgehead atoms. The minimum Gasteiger partial charge on any atom is -0.497 e. The molecule has 0 atom stereocenters. The molecule has 0 radical (unpaired) electrons. The van der Waals surface area contributed by atoms with Gasteiger partial charge in [-0.05, 0) is 37.1 Å². The second kappa shape index (κ2) is 7.98. The van der Waals surface area contributed by atoms with Gasteiger partial charge >= 0.3 is 0 Å². The Morgan fingerprint density at radius 1 is 1.14 bits per heavy atom. The van der Waals surface area contributed by atoms with Gasteiger partial charge in [-0.2, -0.15) is 0 Å².